The smallest absolute Gasteiger partial charge is 0.194 e. The first-order valence-electron chi connectivity index (χ1n) is 8.77. The molecule has 0 saturated carbocycles. The molecule has 1 aromatic carbocycles. The van der Waals surface area contributed by atoms with Gasteiger partial charge in [-0.05, 0) is 55.0 Å². The van der Waals surface area contributed by atoms with E-state index in [1.807, 2.05) is 12.4 Å². The average Bonchev–Trinajstić information content (AvgIpc) is 2.62. The first-order valence-corrected chi connectivity index (χ1v) is 8.77. The van der Waals surface area contributed by atoms with Gasteiger partial charge < -0.3 is 10.2 Å². The van der Waals surface area contributed by atoms with Crippen molar-refractivity contribution in [2.24, 2.45) is 4.99 Å². The fourth-order valence-corrected chi connectivity index (χ4v) is 3.17. The van der Waals surface area contributed by atoms with Crippen molar-refractivity contribution in [1.82, 2.24) is 15.2 Å². The number of hydrogen-bond donors (Lipinski definition) is 1. The Morgan fingerprint density at radius 3 is 2.80 bits per heavy atom. The summed E-state index contributed by atoms with van der Waals surface area (Å²) in [5.41, 5.74) is 5.45. The molecule has 4 nitrogen and oxygen atoms in total. The van der Waals surface area contributed by atoms with E-state index in [0.717, 1.165) is 45.0 Å². The highest BCUT2D eigenvalue weighted by atomic mass is 127. The minimum absolute atomic E-state index is 0. The van der Waals surface area contributed by atoms with Crippen LogP contribution in [0, 0.1) is 6.92 Å². The van der Waals surface area contributed by atoms with Crippen LogP contribution in [0.25, 0.3) is 0 Å². The van der Waals surface area contributed by atoms with Gasteiger partial charge in [-0.1, -0.05) is 24.3 Å². The van der Waals surface area contributed by atoms with Crippen molar-refractivity contribution in [1.29, 1.82) is 0 Å². The molecule has 1 aliphatic heterocycles. The lowest BCUT2D eigenvalue weighted by Gasteiger charge is -2.31. The Labute approximate surface area is 167 Å². The quantitative estimate of drug-likeness (QED) is 0.440. The highest BCUT2D eigenvalue weighted by molar-refractivity contribution is 14.0. The van der Waals surface area contributed by atoms with Gasteiger partial charge in [0.15, 0.2) is 5.96 Å². The summed E-state index contributed by atoms with van der Waals surface area (Å²) in [4.78, 5) is 11.4. The second-order valence-electron chi connectivity index (χ2n) is 6.23. The fourth-order valence-electron chi connectivity index (χ4n) is 3.17. The maximum absolute atomic E-state index is 4.86. The number of fused-ring (bicyclic) bond motifs is 1. The van der Waals surface area contributed by atoms with E-state index in [2.05, 4.69) is 59.4 Å². The third-order valence-electron chi connectivity index (χ3n) is 4.54. The Hall–Kier alpha value is -1.63. The number of aliphatic imine (C=N–C) groups is 1. The maximum atomic E-state index is 4.86. The molecule has 2 aromatic rings. The molecule has 0 bridgehead atoms. The molecule has 0 saturated heterocycles. The Morgan fingerprint density at radius 1 is 1.24 bits per heavy atom. The summed E-state index contributed by atoms with van der Waals surface area (Å²) >= 11 is 0. The number of pyridine rings is 1. The highest BCUT2D eigenvalue weighted by Gasteiger charge is 2.18. The molecule has 1 aliphatic rings. The van der Waals surface area contributed by atoms with E-state index in [1.165, 1.54) is 22.3 Å². The molecule has 0 spiro atoms. The normalized spacial score (nSPS) is 13.8. The van der Waals surface area contributed by atoms with Gasteiger partial charge in [-0.2, -0.15) is 0 Å². The third-order valence-corrected chi connectivity index (χ3v) is 4.54. The highest BCUT2D eigenvalue weighted by Crippen LogP contribution is 2.18. The molecular weight excluding hydrogens is 423 g/mol. The van der Waals surface area contributed by atoms with E-state index in [9.17, 15) is 0 Å². The van der Waals surface area contributed by atoms with Crippen LogP contribution < -0.4 is 5.32 Å². The van der Waals surface area contributed by atoms with Crippen LogP contribution in [0.4, 0.5) is 0 Å². The van der Waals surface area contributed by atoms with Gasteiger partial charge >= 0.3 is 0 Å². The summed E-state index contributed by atoms with van der Waals surface area (Å²) in [6.07, 6.45) is 5.82. The topological polar surface area (TPSA) is 40.5 Å². The molecule has 0 unspecified atom stereocenters. The van der Waals surface area contributed by atoms with Crippen LogP contribution in [0.3, 0.4) is 0 Å². The number of aromatic nitrogens is 1. The van der Waals surface area contributed by atoms with Crippen LogP contribution in [0.15, 0.2) is 47.7 Å². The zero-order valence-electron chi connectivity index (χ0n) is 15.0. The third kappa shape index (κ3) is 5.17. The molecule has 0 fully saturated rings. The molecule has 134 valence electrons. The van der Waals surface area contributed by atoms with Gasteiger partial charge in [-0.25, -0.2) is 0 Å². The van der Waals surface area contributed by atoms with Crippen molar-refractivity contribution >= 4 is 29.9 Å². The minimum atomic E-state index is 0. The van der Waals surface area contributed by atoms with Crippen LogP contribution in [0.5, 0.6) is 0 Å². The predicted molar refractivity (Wildman–Crippen MR) is 115 cm³/mol. The zero-order valence-corrected chi connectivity index (χ0v) is 17.4. The zero-order chi connectivity index (χ0) is 16.8. The predicted octanol–water partition coefficient (Wildman–Crippen LogP) is 3.57. The van der Waals surface area contributed by atoms with Crippen molar-refractivity contribution in [3.05, 3.63) is 65.0 Å². The summed E-state index contributed by atoms with van der Waals surface area (Å²) in [7, 11) is 0. The largest absolute Gasteiger partial charge is 0.357 e. The number of guanidine groups is 1. The molecule has 0 radical (unpaired) electrons. The molecule has 0 amide bonds. The lowest BCUT2D eigenvalue weighted by molar-refractivity contribution is 0.379. The molecule has 25 heavy (non-hydrogen) atoms. The van der Waals surface area contributed by atoms with Crippen molar-refractivity contribution in [3.63, 3.8) is 0 Å². The molecule has 0 atom stereocenters. The number of nitrogens with zero attached hydrogens (tertiary/aromatic N) is 3. The van der Waals surface area contributed by atoms with Crippen molar-refractivity contribution in [2.45, 2.75) is 33.2 Å². The summed E-state index contributed by atoms with van der Waals surface area (Å²) in [6.45, 7) is 7.89. The number of benzene rings is 1. The SMILES string of the molecule is CCNC(=NCCc1ccncc1C)N1CCc2ccccc2C1.I. The maximum Gasteiger partial charge on any atom is 0.194 e. The molecule has 0 aliphatic carbocycles. The van der Waals surface area contributed by atoms with E-state index in [-0.39, 0.29) is 24.0 Å². The number of halogens is 1. The first kappa shape index (κ1) is 19.7. The van der Waals surface area contributed by atoms with Crippen LogP contribution in [-0.2, 0) is 19.4 Å². The molecule has 5 heteroatoms. The van der Waals surface area contributed by atoms with Crippen LogP contribution in [0.1, 0.15) is 29.2 Å². The molecule has 1 aromatic heterocycles. The Kier molecular flexibility index (Phi) is 7.68. The van der Waals surface area contributed by atoms with Crippen molar-refractivity contribution in [3.8, 4) is 0 Å². The summed E-state index contributed by atoms with van der Waals surface area (Å²) in [6, 6.07) is 10.8. The van der Waals surface area contributed by atoms with Crippen LogP contribution in [0.2, 0.25) is 0 Å². The lowest BCUT2D eigenvalue weighted by atomic mass is 10.0. The van der Waals surface area contributed by atoms with Crippen LogP contribution >= 0.6 is 24.0 Å². The molecule has 2 heterocycles. The van der Waals surface area contributed by atoms with E-state index in [1.54, 1.807) is 0 Å². The Bertz CT molecular complexity index is 714. The fraction of sp³-hybridized carbons (Fsp3) is 0.400. The Morgan fingerprint density at radius 2 is 2.04 bits per heavy atom. The number of rotatable bonds is 4. The molecule has 3 rings (SSSR count). The van der Waals surface area contributed by atoms with Crippen molar-refractivity contribution in [2.75, 3.05) is 19.6 Å². The van der Waals surface area contributed by atoms with Crippen LogP contribution in [-0.4, -0.2) is 35.5 Å². The van der Waals surface area contributed by atoms with E-state index in [0.29, 0.717) is 0 Å². The second-order valence-corrected chi connectivity index (χ2v) is 6.23. The summed E-state index contributed by atoms with van der Waals surface area (Å²) < 4.78 is 0. The first-order chi connectivity index (χ1) is 11.8. The van der Waals surface area contributed by atoms with Gasteiger partial charge in [0.1, 0.15) is 0 Å². The average molecular weight is 450 g/mol. The minimum Gasteiger partial charge on any atom is -0.357 e. The van der Waals surface area contributed by atoms with Gasteiger partial charge in [0.05, 0.1) is 0 Å². The monoisotopic (exact) mass is 450 g/mol. The molecule has 1 N–H and O–H groups in total. The second kappa shape index (κ2) is 9.75. The summed E-state index contributed by atoms with van der Waals surface area (Å²) in [5.74, 6) is 1.03. The van der Waals surface area contributed by atoms with E-state index < -0.39 is 0 Å². The molecular formula is C20H27IN4. The standard InChI is InChI=1S/C20H26N4.HI/c1-3-22-20(23-12-9-17-8-11-21-14-16(17)2)24-13-10-18-6-4-5-7-19(18)15-24;/h4-8,11,14H,3,9-10,12-13,15H2,1-2H3,(H,22,23);1H. The summed E-state index contributed by atoms with van der Waals surface area (Å²) in [5, 5.41) is 3.45. The number of aryl methyl sites for hydroxylation is 1. The van der Waals surface area contributed by atoms with E-state index in [4.69, 9.17) is 4.99 Å². The van der Waals surface area contributed by atoms with Gasteiger partial charge in [0.25, 0.3) is 0 Å². The lowest BCUT2D eigenvalue weighted by Crippen LogP contribution is -2.44. The van der Waals surface area contributed by atoms with Gasteiger partial charge in [0.2, 0.25) is 0 Å². The van der Waals surface area contributed by atoms with Gasteiger partial charge in [0, 0.05) is 38.6 Å². The van der Waals surface area contributed by atoms with Crippen molar-refractivity contribution < 1.29 is 0 Å². The Balaban J connectivity index is 0.00000225. The van der Waals surface area contributed by atoms with E-state index >= 15 is 0 Å². The van der Waals surface area contributed by atoms with Gasteiger partial charge in [-0.15, -0.1) is 24.0 Å². The number of nitrogens with one attached hydrogen (secondary N) is 1. The van der Waals surface area contributed by atoms with Gasteiger partial charge in [-0.3, -0.25) is 9.98 Å². The number of hydrogen-bond acceptors (Lipinski definition) is 2.